The van der Waals surface area contributed by atoms with E-state index in [-0.39, 0.29) is 12.1 Å². The monoisotopic (exact) mass is 220 g/mol. The van der Waals surface area contributed by atoms with Crippen molar-refractivity contribution in [2.24, 2.45) is 0 Å². The Balaban J connectivity index is 2.34. The van der Waals surface area contributed by atoms with Crippen LogP contribution in [0.25, 0.3) is 0 Å². The van der Waals surface area contributed by atoms with Crippen LogP contribution in [0.1, 0.15) is 35.6 Å². The summed E-state index contributed by atoms with van der Waals surface area (Å²) in [4.78, 5) is 11.1. The second-order valence-corrected chi connectivity index (χ2v) is 4.20. The van der Waals surface area contributed by atoms with Crippen molar-refractivity contribution in [2.75, 3.05) is 7.11 Å². The van der Waals surface area contributed by atoms with Crippen LogP contribution in [0.3, 0.4) is 0 Å². The van der Waals surface area contributed by atoms with Crippen LogP contribution in [0.2, 0.25) is 0 Å². The predicted molar refractivity (Wildman–Crippen MR) is 60.5 cm³/mol. The Morgan fingerprint density at radius 3 is 2.62 bits per heavy atom. The normalized spacial score (nSPS) is 19.7. The first kappa shape index (κ1) is 11.0. The molecule has 16 heavy (non-hydrogen) atoms. The smallest absolute Gasteiger partial charge is 0.306 e. The Morgan fingerprint density at radius 1 is 1.31 bits per heavy atom. The van der Waals surface area contributed by atoms with E-state index in [9.17, 15) is 4.79 Å². The quantitative estimate of drug-likeness (QED) is 0.719. The van der Waals surface area contributed by atoms with Crippen molar-refractivity contribution in [3.05, 3.63) is 28.8 Å². The number of aryl methyl sites for hydroxylation is 2. The molecule has 0 aromatic heterocycles. The molecule has 3 nitrogen and oxygen atoms in total. The number of ether oxygens (including phenoxy) is 2. The second kappa shape index (κ2) is 4.16. The first-order valence-corrected chi connectivity index (χ1v) is 5.46. The minimum absolute atomic E-state index is 0.0721. The Labute approximate surface area is 95.4 Å². The molecule has 0 bridgehead atoms. The molecule has 1 aromatic carbocycles. The summed E-state index contributed by atoms with van der Waals surface area (Å²) >= 11 is 0. The molecular formula is C13H16O3. The van der Waals surface area contributed by atoms with Crippen molar-refractivity contribution in [3.63, 3.8) is 0 Å². The van der Waals surface area contributed by atoms with Gasteiger partial charge in [-0.25, -0.2) is 0 Å². The van der Waals surface area contributed by atoms with E-state index in [2.05, 4.69) is 6.07 Å². The number of benzene rings is 1. The molecule has 0 spiro atoms. The molecule has 1 heterocycles. The zero-order valence-electron chi connectivity index (χ0n) is 9.87. The fraction of sp³-hybridized carbons (Fsp3) is 0.462. The maximum atomic E-state index is 11.1. The number of carbonyl (C=O) groups is 1. The molecule has 3 heteroatoms. The van der Waals surface area contributed by atoms with Gasteiger partial charge in [-0.3, -0.25) is 4.79 Å². The highest BCUT2D eigenvalue weighted by Gasteiger charge is 2.26. The largest absolute Gasteiger partial charge is 0.496 e. The number of hydrogen-bond acceptors (Lipinski definition) is 3. The predicted octanol–water partition coefficient (Wildman–Crippen LogP) is 2.69. The van der Waals surface area contributed by atoms with Crippen LogP contribution < -0.4 is 4.74 Å². The van der Waals surface area contributed by atoms with Gasteiger partial charge >= 0.3 is 5.97 Å². The van der Waals surface area contributed by atoms with E-state index >= 15 is 0 Å². The number of cyclic esters (lactones) is 1. The summed E-state index contributed by atoms with van der Waals surface area (Å²) in [7, 11) is 1.66. The van der Waals surface area contributed by atoms with Crippen molar-refractivity contribution < 1.29 is 14.3 Å². The summed E-state index contributed by atoms with van der Waals surface area (Å²) in [5, 5.41) is 0. The zero-order chi connectivity index (χ0) is 11.7. The van der Waals surface area contributed by atoms with Gasteiger partial charge in [0.15, 0.2) is 0 Å². The van der Waals surface area contributed by atoms with Gasteiger partial charge < -0.3 is 9.47 Å². The molecule has 1 aliphatic heterocycles. The van der Waals surface area contributed by atoms with E-state index in [0.717, 1.165) is 28.9 Å². The lowest BCUT2D eigenvalue weighted by molar-refractivity contribution is -0.141. The van der Waals surface area contributed by atoms with Crippen LogP contribution in [0.15, 0.2) is 12.1 Å². The number of carbonyl (C=O) groups excluding carboxylic acids is 1. The Morgan fingerprint density at radius 2 is 2.06 bits per heavy atom. The Hall–Kier alpha value is -1.51. The maximum Gasteiger partial charge on any atom is 0.306 e. The van der Waals surface area contributed by atoms with Gasteiger partial charge in [0.1, 0.15) is 11.9 Å². The number of hydrogen-bond donors (Lipinski definition) is 0. The summed E-state index contributed by atoms with van der Waals surface area (Å²) in [6, 6.07) is 4.05. The molecule has 0 radical (unpaired) electrons. The molecule has 0 saturated carbocycles. The van der Waals surface area contributed by atoms with Crippen molar-refractivity contribution in [2.45, 2.75) is 32.8 Å². The number of rotatable bonds is 2. The van der Waals surface area contributed by atoms with Crippen LogP contribution >= 0.6 is 0 Å². The van der Waals surface area contributed by atoms with E-state index < -0.39 is 0 Å². The van der Waals surface area contributed by atoms with Gasteiger partial charge in [-0.1, -0.05) is 0 Å². The molecule has 1 fully saturated rings. The minimum atomic E-state index is -0.0992. The summed E-state index contributed by atoms with van der Waals surface area (Å²) in [5.74, 6) is 0.781. The average Bonchev–Trinajstić information content (AvgIpc) is 2.67. The third-order valence-corrected chi connectivity index (χ3v) is 3.01. The van der Waals surface area contributed by atoms with Gasteiger partial charge in [-0.15, -0.1) is 0 Å². The van der Waals surface area contributed by atoms with E-state index in [1.54, 1.807) is 7.11 Å². The van der Waals surface area contributed by atoms with Crippen LogP contribution in [0, 0.1) is 13.8 Å². The summed E-state index contributed by atoms with van der Waals surface area (Å²) in [6.45, 7) is 4.02. The number of methoxy groups -OCH3 is 1. The van der Waals surface area contributed by atoms with E-state index in [1.807, 2.05) is 19.9 Å². The van der Waals surface area contributed by atoms with Crippen molar-refractivity contribution in [3.8, 4) is 5.75 Å². The first-order valence-electron chi connectivity index (χ1n) is 5.46. The molecule has 1 unspecified atom stereocenters. The molecule has 0 N–H and O–H groups in total. The molecule has 0 amide bonds. The van der Waals surface area contributed by atoms with Gasteiger partial charge in [0, 0.05) is 6.42 Å². The molecule has 86 valence electrons. The standard InChI is InChI=1S/C13H16O3/c1-8-7-12(15-3)9(2)6-10(8)11-4-5-13(14)16-11/h6-7,11H,4-5H2,1-3H3. The molecule has 0 aliphatic carbocycles. The molecular weight excluding hydrogens is 204 g/mol. The lowest BCUT2D eigenvalue weighted by Crippen LogP contribution is -2.02. The van der Waals surface area contributed by atoms with Gasteiger partial charge in [0.25, 0.3) is 0 Å². The van der Waals surface area contributed by atoms with Gasteiger partial charge in [0.05, 0.1) is 7.11 Å². The highest BCUT2D eigenvalue weighted by Crippen LogP contribution is 2.34. The number of esters is 1. The van der Waals surface area contributed by atoms with Crippen LogP contribution in [-0.4, -0.2) is 13.1 Å². The SMILES string of the molecule is COc1cc(C)c(C2CCC(=O)O2)cc1C. The summed E-state index contributed by atoms with van der Waals surface area (Å²) in [5.41, 5.74) is 3.29. The van der Waals surface area contributed by atoms with Crippen molar-refractivity contribution in [1.82, 2.24) is 0 Å². The van der Waals surface area contributed by atoms with Gasteiger partial charge in [0.2, 0.25) is 0 Å². The third-order valence-electron chi connectivity index (χ3n) is 3.01. The first-order chi connectivity index (χ1) is 7.61. The minimum Gasteiger partial charge on any atom is -0.496 e. The van der Waals surface area contributed by atoms with E-state index in [1.165, 1.54) is 0 Å². The molecule has 1 saturated heterocycles. The fourth-order valence-corrected chi connectivity index (χ4v) is 2.12. The van der Waals surface area contributed by atoms with Crippen molar-refractivity contribution >= 4 is 5.97 Å². The lowest BCUT2D eigenvalue weighted by Gasteiger charge is -2.15. The molecule has 1 aromatic rings. The van der Waals surface area contributed by atoms with Crippen LogP contribution in [0.4, 0.5) is 0 Å². The lowest BCUT2D eigenvalue weighted by atomic mass is 9.98. The third kappa shape index (κ3) is 1.90. The zero-order valence-corrected chi connectivity index (χ0v) is 9.87. The molecule has 1 atom stereocenters. The summed E-state index contributed by atoms with van der Waals surface area (Å²) < 4.78 is 10.5. The van der Waals surface area contributed by atoms with Gasteiger partial charge in [-0.2, -0.15) is 0 Å². The fourth-order valence-electron chi connectivity index (χ4n) is 2.12. The topological polar surface area (TPSA) is 35.5 Å². The van der Waals surface area contributed by atoms with Crippen LogP contribution in [0.5, 0.6) is 5.75 Å². The maximum absolute atomic E-state index is 11.1. The second-order valence-electron chi connectivity index (χ2n) is 4.20. The van der Waals surface area contributed by atoms with E-state index in [0.29, 0.717) is 6.42 Å². The molecule has 1 aliphatic rings. The van der Waals surface area contributed by atoms with E-state index in [4.69, 9.17) is 9.47 Å². The van der Waals surface area contributed by atoms with Crippen LogP contribution in [-0.2, 0) is 9.53 Å². The highest BCUT2D eigenvalue weighted by molar-refractivity contribution is 5.72. The highest BCUT2D eigenvalue weighted by atomic mass is 16.5. The Kier molecular flexibility index (Phi) is 2.86. The Bertz CT molecular complexity index is 423. The molecule has 2 rings (SSSR count). The van der Waals surface area contributed by atoms with Crippen molar-refractivity contribution in [1.29, 1.82) is 0 Å². The average molecular weight is 220 g/mol. The van der Waals surface area contributed by atoms with Gasteiger partial charge in [-0.05, 0) is 49.1 Å². The summed E-state index contributed by atoms with van der Waals surface area (Å²) in [6.07, 6.45) is 1.23.